The molecule has 61 heavy (non-hydrogen) atoms. The van der Waals surface area contributed by atoms with Crippen molar-refractivity contribution in [2.45, 2.75) is 5.41 Å². The van der Waals surface area contributed by atoms with Crippen molar-refractivity contribution in [1.29, 1.82) is 0 Å². The van der Waals surface area contributed by atoms with Gasteiger partial charge in [-0.05, 0) is 122 Å². The van der Waals surface area contributed by atoms with Crippen LogP contribution in [0.25, 0.3) is 44.2 Å². The van der Waals surface area contributed by atoms with E-state index in [1.165, 1.54) is 77.8 Å². The molecule has 0 spiro atoms. The fourth-order valence-corrected chi connectivity index (χ4v) is 10.3. The Kier molecular flexibility index (Phi) is 8.11. The molecule has 0 unspecified atom stereocenters. The first kappa shape index (κ1) is 35.0. The van der Waals surface area contributed by atoms with Gasteiger partial charge < -0.3 is 9.80 Å². The summed E-state index contributed by atoms with van der Waals surface area (Å²) in [6, 6.07) is 89.0. The zero-order valence-corrected chi connectivity index (χ0v) is 33.5. The van der Waals surface area contributed by atoms with Crippen LogP contribution in [0.3, 0.4) is 0 Å². The summed E-state index contributed by atoms with van der Waals surface area (Å²) in [5, 5.41) is 2.51. The number of fused-ring (bicyclic) bond motifs is 5. The fourth-order valence-electron chi connectivity index (χ4n) is 10.3. The molecule has 0 amide bonds. The molecule has 2 heteroatoms. The monoisotopic (exact) mass is 776 g/mol. The molecule has 1 heterocycles. The molecule has 2 nitrogen and oxygen atoms in total. The Morgan fingerprint density at radius 3 is 1.61 bits per heavy atom. The number of para-hydroxylation sites is 2. The maximum atomic E-state index is 2.45. The molecule has 10 aromatic carbocycles. The van der Waals surface area contributed by atoms with E-state index in [-0.39, 0.29) is 0 Å². The van der Waals surface area contributed by atoms with Gasteiger partial charge in [-0.25, -0.2) is 0 Å². The highest BCUT2D eigenvalue weighted by Crippen LogP contribution is 2.58. The number of rotatable bonds is 7. The highest BCUT2D eigenvalue weighted by atomic mass is 15.2. The second-order valence-corrected chi connectivity index (χ2v) is 16.1. The maximum absolute atomic E-state index is 2.45. The molecule has 286 valence electrons. The number of nitrogens with zero attached hydrogens (tertiary/aromatic N) is 2. The zero-order chi connectivity index (χ0) is 40.3. The predicted molar refractivity (Wildman–Crippen MR) is 255 cm³/mol. The lowest BCUT2D eigenvalue weighted by atomic mass is 9.67. The highest BCUT2D eigenvalue weighted by molar-refractivity contribution is 6.15. The molecule has 0 fully saturated rings. The van der Waals surface area contributed by atoms with Crippen LogP contribution in [0.1, 0.15) is 22.3 Å². The minimum atomic E-state index is -0.492. The third kappa shape index (κ3) is 5.43. The SMILES string of the molecule is c1ccc(-c2cc3c4c(cccc4c2)-c2ccccc2N3c2ccc(N(c3ccccc3)c3ccc4c(c3)C(c3ccccc3)(c3ccccc3)c3ccccc3-4)cc2)cc1. The fraction of sp³-hybridized carbons (Fsp3) is 0.0169. The molecule has 0 aromatic heterocycles. The predicted octanol–water partition coefficient (Wildman–Crippen LogP) is 15.8. The summed E-state index contributed by atoms with van der Waals surface area (Å²) in [5.41, 5.74) is 18.9. The van der Waals surface area contributed by atoms with E-state index in [1.807, 2.05) is 0 Å². The molecule has 10 aromatic rings. The van der Waals surface area contributed by atoms with E-state index in [4.69, 9.17) is 0 Å². The van der Waals surface area contributed by atoms with Gasteiger partial charge in [-0.15, -0.1) is 0 Å². The van der Waals surface area contributed by atoms with Gasteiger partial charge in [0.25, 0.3) is 0 Å². The Labute approximate surface area is 356 Å². The summed E-state index contributed by atoms with van der Waals surface area (Å²) in [5.74, 6) is 0. The summed E-state index contributed by atoms with van der Waals surface area (Å²) in [6.07, 6.45) is 0. The van der Waals surface area contributed by atoms with E-state index in [2.05, 4.69) is 252 Å². The Balaban J connectivity index is 1.03. The molecule has 2 aliphatic rings. The van der Waals surface area contributed by atoms with Crippen molar-refractivity contribution < 1.29 is 0 Å². The molecule has 1 aliphatic carbocycles. The molecular weight excluding hydrogens is 737 g/mol. The van der Waals surface area contributed by atoms with Crippen molar-refractivity contribution >= 4 is 44.9 Å². The van der Waals surface area contributed by atoms with Gasteiger partial charge in [-0.3, -0.25) is 0 Å². The van der Waals surface area contributed by atoms with Crippen LogP contribution in [0.2, 0.25) is 0 Å². The van der Waals surface area contributed by atoms with Crippen LogP contribution in [-0.4, -0.2) is 0 Å². The quantitative estimate of drug-likeness (QED) is 0.159. The van der Waals surface area contributed by atoms with E-state index >= 15 is 0 Å². The van der Waals surface area contributed by atoms with Crippen LogP contribution >= 0.6 is 0 Å². The van der Waals surface area contributed by atoms with Gasteiger partial charge >= 0.3 is 0 Å². The summed E-state index contributed by atoms with van der Waals surface area (Å²) in [6.45, 7) is 0. The molecule has 0 saturated carbocycles. The topological polar surface area (TPSA) is 6.48 Å². The second kappa shape index (κ2) is 14.1. The Morgan fingerprint density at radius 2 is 0.885 bits per heavy atom. The summed E-state index contributed by atoms with van der Waals surface area (Å²) < 4.78 is 0. The summed E-state index contributed by atoms with van der Waals surface area (Å²) >= 11 is 0. The van der Waals surface area contributed by atoms with Crippen molar-refractivity contribution in [1.82, 2.24) is 0 Å². The Bertz CT molecular complexity index is 3190. The van der Waals surface area contributed by atoms with E-state index < -0.39 is 5.41 Å². The zero-order valence-electron chi connectivity index (χ0n) is 33.5. The maximum Gasteiger partial charge on any atom is 0.0714 e. The molecule has 0 bridgehead atoms. The third-order valence-corrected chi connectivity index (χ3v) is 12.8. The smallest absolute Gasteiger partial charge is 0.0714 e. The lowest BCUT2D eigenvalue weighted by molar-refractivity contribution is 0.768. The first-order valence-corrected chi connectivity index (χ1v) is 21.1. The van der Waals surface area contributed by atoms with Crippen molar-refractivity contribution in [2.75, 3.05) is 9.80 Å². The average Bonchev–Trinajstić information content (AvgIpc) is 3.63. The number of benzene rings is 10. The van der Waals surface area contributed by atoms with Gasteiger partial charge in [0, 0.05) is 33.7 Å². The van der Waals surface area contributed by atoms with Crippen LogP contribution < -0.4 is 9.80 Å². The molecule has 1 aliphatic heterocycles. The minimum absolute atomic E-state index is 0.492. The lowest BCUT2D eigenvalue weighted by Gasteiger charge is -2.35. The number of hydrogen-bond donors (Lipinski definition) is 0. The standard InChI is InChI=1S/C59H40N2/c1-5-18-41(19-6-1)43-38-42-20-17-29-53-52-28-14-16-31-56(52)61(57(39-43)58(42)53)48-34-32-47(33-35-48)60(46-25-11-4-12-26-46)49-36-37-51-50-27-13-15-30-54(50)59(55(51)40-49,44-21-7-2-8-22-44)45-23-9-3-10-24-45/h1-40H. The first-order chi connectivity index (χ1) is 30.3. The van der Waals surface area contributed by atoms with E-state index in [1.54, 1.807) is 0 Å². The van der Waals surface area contributed by atoms with Crippen LogP contribution in [0.5, 0.6) is 0 Å². The second-order valence-electron chi connectivity index (χ2n) is 16.1. The van der Waals surface area contributed by atoms with Gasteiger partial charge in [0.2, 0.25) is 0 Å². The van der Waals surface area contributed by atoms with Crippen molar-refractivity contribution in [3.63, 3.8) is 0 Å². The highest BCUT2D eigenvalue weighted by Gasteiger charge is 2.46. The first-order valence-electron chi connectivity index (χ1n) is 21.1. The van der Waals surface area contributed by atoms with E-state index in [9.17, 15) is 0 Å². The van der Waals surface area contributed by atoms with Gasteiger partial charge in [0.15, 0.2) is 0 Å². The van der Waals surface area contributed by atoms with Gasteiger partial charge in [-0.2, -0.15) is 0 Å². The lowest BCUT2D eigenvalue weighted by Crippen LogP contribution is -2.28. The minimum Gasteiger partial charge on any atom is -0.310 e. The van der Waals surface area contributed by atoms with Crippen molar-refractivity contribution in [2.24, 2.45) is 0 Å². The normalized spacial score (nSPS) is 13.0. The third-order valence-electron chi connectivity index (χ3n) is 12.8. The molecule has 0 N–H and O–H groups in total. The van der Waals surface area contributed by atoms with Gasteiger partial charge in [-0.1, -0.05) is 176 Å². The Hall–Kier alpha value is -7.94. The van der Waals surface area contributed by atoms with Gasteiger partial charge in [0.05, 0.1) is 16.8 Å². The summed E-state index contributed by atoms with van der Waals surface area (Å²) in [7, 11) is 0. The van der Waals surface area contributed by atoms with Crippen molar-refractivity contribution in [3.8, 4) is 33.4 Å². The van der Waals surface area contributed by atoms with Crippen molar-refractivity contribution in [3.05, 3.63) is 265 Å². The van der Waals surface area contributed by atoms with Crippen LogP contribution in [-0.2, 0) is 5.41 Å². The molecule has 0 atom stereocenters. The van der Waals surface area contributed by atoms with Crippen LogP contribution in [0.4, 0.5) is 34.1 Å². The molecular formula is C59H40N2. The van der Waals surface area contributed by atoms with E-state index in [0.717, 1.165) is 22.7 Å². The molecule has 0 radical (unpaired) electrons. The summed E-state index contributed by atoms with van der Waals surface area (Å²) in [4.78, 5) is 4.86. The molecule has 12 rings (SSSR count). The average molecular weight is 777 g/mol. The Morgan fingerprint density at radius 1 is 0.328 bits per heavy atom. The number of hydrogen-bond acceptors (Lipinski definition) is 2. The van der Waals surface area contributed by atoms with Gasteiger partial charge in [0.1, 0.15) is 0 Å². The van der Waals surface area contributed by atoms with Crippen LogP contribution in [0, 0.1) is 0 Å². The van der Waals surface area contributed by atoms with E-state index in [0.29, 0.717) is 0 Å². The van der Waals surface area contributed by atoms with Crippen LogP contribution in [0.15, 0.2) is 243 Å². The largest absolute Gasteiger partial charge is 0.310 e. The number of anilines is 6. The molecule has 0 saturated heterocycles.